The molecule has 0 bridgehead atoms. The van der Waals surface area contributed by atoms with Gasteiger partial charge in [0.15, 0.2) is 0 Å². The molecule has 0 spiro atoms. The maximum Gasteiger partial charge on any atom is 0.103 e. The van der Waals surface area contributed by atoms with Gasteiger partial charge in [-0.15, -0.1) is 0 Å². The standard InChI is InChI=1S/C15H21NO2S/c1-10-7-14(8-11(2)18-10)17-9-12-3-5-13(6-4-12)15(16)19/h3-6,10-11,14H,7-9H2,1-2H3,(H2,16,19). The summed E-state index contributed by atoms with van der Waals surface area (Å²) in [4.78, 5) is 0.430. The van der Waals surface area contributed by atoms with Crippen molar-refractivity contribution in [3.05, 3.63) is 35.4 Å². The van der Waals surface area contributed by atoms with Crippen LogP contribution in [0.4, 0.5) is 0 Å². The Labute approximate surface area is 120 Å². The van der Waals surface area contributed by atoms with Crippen LogP contribution < -0.4 is 5.73 Å². The second kappa shape index (κ2) is 6.46. The number of nitrogens with two attached hydrogens (primary N) is 1. The van der Waals surface area contributed by atoms with Crippen molar-refractivity contribution in [3.63, 3.8) is 0 Å². The zero-order chi connectivity index (χ0) is 13.8. The molecule has 0 aromatic heterocycles. The molecule has 104 valence electrons. The molecule has 1 aliphatic rings. The van der Waals surface area contributed by atoms with Crippen LogP contribution in [-0.4, -0.2) is 23.3 Å². The first kappa shape index (κ1) is 14.4. The lowest BCUT2D eigenvalue weighted by Crippen LogP contribution is -2.33. The van der Waals surface area contributed by atoms with Gasteiger partial charge in [-0.3, -0.25) is 0 Å². The Morgan fingerprint density at radius 1 is 1.26 bits per heavy atom. The summed E-state index contributed by atoms with van der Waals surface area (Å²) >= 11 is 4.93. The molecule has 1 fully saturated rings. The van der Waals surface area contributed by atoms with Crippen molar-refractivity contribution < 1.29 is 9.47 Å². The Morgan fingerprint density at radius 3 is 2.37 bits per heavy atom. The predicted octanol–water partition coefficient (Wildman–Crippen LogP) is 2.79. The molecule has 0 aliphatic carbocycles. The lowest BCUT2D eigenvalue weighted by atomic mass is 10.0. The van der Waals surface area contributed by atoms with Crippen LogP contribution in [-0.2, 0) is 16.1 Å². The van der Waals surface area contributed by atoms with E-state index in [1.165, 1.54) is 0 Å². The maximum absolute atomic E-state index is 5.97. The molecule has 2 rings (SSSR count). The zero-order valence-corrected chi connectivity index (χ0v) is 12.3. The molecular formula is C15H21NO2S. The molecular weight excluding hydrogens is 258 g/mol. The summed E-state index contributed by atoms with van der Waals surface area (Å²) in [6, 6.07) is 7.91. The van der Waals surface area contributed by atoms with Crippen molar-refractivity contribution in [3.8, 4) is 0 Å². The van der Waals surface area contributed by atoms with Crippen LogP contribution in [0.3, 0.4) is 0 Å². The van der Waals surface area contributed by atoms with Gasteiger partial charge in [0.05, 0.1) is 24.9 Å². The number of benzene rings is 1. The summed E-state index contributed by atoms with van der Waals surface area (Å²) in [7, 11) is 0. The van der Waals surface area contributed by atoms with E-state index in [0.717, 1.165) is 24.0 Å². The minimum Gasteiger partial charge on any atom is -0.389 e. The van der Waals surface area contributed by atoms with Crippen molar-refractivity contribution in [2.24, 2.45) is 5.73 Å². The third kappa shape index (κ3) is 4.27. The van der Waals surface area contributed by atoms with E-state index in [1.807, 2.05) is 24.3 Å². The van der Waals surface area contributed by atoms with E-state index in [1.54, 1.807) is 0 Å². The lowest BCUT2D eigenvalue weighted by molar-refractivity contribution is -0.106. The predicted molar refractivity (Wildman–Crippen MR) is 80.1 cm³/mol. The summed E-state index contributed by atoms with van der Waals surface area (Å²) in [6.45, 7) is 4.83. The van der Waals surface area contributed by atoms with E-state index in [2.05, 4.69) is 13.8 Å². The van der Waals surface area contributed by atoms with Gasteiger partial charge in [0.2, 0.25) is 0 Å². The minimum absolute atomic E-state index is 0.283. The molecule has 2 unspecified atom stereocenters. The van der Waals surface area contributed by atoms with E-state index >= 15 is 0 Å². The first-order valence-corrected chi connectivity index (χ1v) is 7.11. The molecule has 2 atom stereocenters. The van der Waals surface area contributed by atoms with Crippen LogP contribution in [0.2, 0.25) is 0 Å². The Balaban J connectivity index is 1.86. The monoisotopic (exact) mass is 279 g/mol. The highest BCUT2D eigenvalue weighted by atomic mass is 32.1. The van der Waals surface area contributed by atoms with Crippen LogP contribution >= 0.6 is 12.2 Å². The first-order chi connectivity index (χ1) is 9.04. The van der Waals surface area contributed by atoms with Crippen LogP contribution in [0.15, 0.2) is 24.3 Å². The minimum atomic E-state index is 0.283. The van der Waals surface area contributed by atoms with Gasteiger partial charge in [0, 0.05) is 5.56 Å². The van der Waals surface area contributed by atoms with E-state index in [-0.39, 0.29) is 18.3 Å². The van der Waals surface area contributed by atoms with Crippen molar-refractivity contribution in [2.45, 2.75) is 51.6 Å². The molecule has 3 nitrogen and oxygen atoms in total. The molecule has 19 heavy (non-hydrogen) atoms. The highest BCUT2D eigenvalue weighted by Crippen LogP contribution is 2.22. The first-order valence-electron chi connectivity index (χ1n) is 6.70. The quantitative estimate of drug-likeness (QED) is 0.861. The van der Waals surface area contributed by atoms with Crippen LogP contribution in [0.1, 0.15) is 37.8 Å². The highest BCUT2D eigenvalue weighted by Gasteiger charge is 2.24. The average molecular weight is 279 g/mol. The second-order valence-electron chi connectivity index (χ2n) is 5.22. The number of rotatable bonds is 4. The van der Waals surface area contributed by atoms with Gasteiger partial charge in [0.25, 0.3) is 0 Å². The lowest BCUT2D eigenvalue weighted by Gasteiger charge is -2.32. The topological polar surface area (TPSA) is 44.5 Å². The number of thiocarbonyl (C=S) groups is 1. The third-order valence-electron chi connectivity index (χ3n) is 3.38. The second-order valence-corrected chi connectivity index (χ2v) is 5.66. The Morgan fingerprint density at radius 2 is 1.84 bits per heavy atom. The van der Waals surface area contributed by atoms with Crippen molar-refractivity contribution in [2.75, 3.05) is 0 Å². The summed E-state index contributed by atoms with van der Waals surface area (Å²) in [6.07, 6.45) is 2.79. The van der Waals surface area contributed by atoms with Gasteiger partial charge in [-0.2, -0.15) is 0 Å². The number of hydrogen-bond donors (Lipinski definition) is 1. The normalized spacial score (nSPS) is 27.2. The third-order valence-corrected chi connectivity index (χ3v) is 3.61. The van der Waals surface area contributed by atoms with Crippen LogP contribution in [0.25, 0.3) is 0 Å². The number of ether oxygens (including phenoxy) is 2. The maximum atomic E-state index is 5.97. The van der Waals surface area contributed by atoms with Gasteiger partial charge < -0.3 is 15.2 Å². The molecule has 0 amide bonds. The fourth-order valence-electron chi connectivity index (χ4n) is 2.46. The van der Waals surface area contributed by atoms with E-state index in [0.29, 0.717) is 11.6 Å². The Bertz CT molecular complexity index is 422. The summed E-state index contributed by atoms with van der Waals surface area (Å²) in [5.41, 5.74) is 7.61. The fourth-order valence-corrected chi connectivity index (χ4v) is 2.60. The van der Waals surface area contributed by atoms with Crippen LogP contribution in [0.5, 0.6) is 0 Å². The summed E-state index contributed by atoms with van der Waals surface area (Å²) in [5.74, 6) is 0. The van der Waals surface area contributed by atoms with Gasteiger partial charge in [-0.1, -0.05) is 36.5 Å². The molecule has 1 aliphatic heterocycles. The van der Waals surface area contributed by atoms with Crippen molar-refractivity contribution in [1.29, 1.82) is 0 Å². The molecule has 1 saturated heterocycles. The largest absolute Gasteiger partial charge is 0.389 e. The molecule has 0 radical (unpaired) electrons. The molecule has 1 aromatic carbocycles. The fraction of sp³-hybridized carbons (Fsp3) is 0.533. The highest BCUT2D eigenvalue weighted by molar-refractivity contribution is 7.80. The molecule has 2 N–H and O–H groups in total. The zero-order valence-electron chi connectivity index (χ0n) is 11.5. The van der Waals surface area contributed by atoms with Gasteiger partial charge in [0.1, 0.15) is 4.99 Å². The van der Waals surface area contributed by atoms with Crippen LogP contribution in [0, 0.1) is 0 Å². The van der Waals surface area contributed by atoms with E-state index < -0.39 is 0 Å². The van der Waals surface area contributed by atoms with Crippen molar-refractivity contribution in [1.82, 2.24) is 0 Å². The molecule has 1 aromatic rings. The summed E-state index contributed by atoms with van der Waals surface area (Å²) in [5, 5.41) is 0. The SMILES string of the molecule is CC1CC(OCc2ccc(C(N)=S)cc2)CC(C)O1. The van der Waals surface area contributed by atoms with E-state index in [9.17, 15) is 0 Å². The Kier molecular flexibility index (Phi) is 4.91. The van der Waals surface area contributed by atoms with Gasteiger partial charge in [-0.05, 0) is 32.3 Å². The average Bonchev–Trinajstić information content (AvgIpc) is 2.36. The Hall–Kier alpha value is -0.970. The van der Waals surface area contributed by atoms with Crippen molar-refractivity contribution >= 4 is 17.2 Å². The van der Waals surface area contributed by atoms with Gasteiger partial charge in [-0.25, -0.2) is 0 Å². The molecule has 1 heterocycles. The van der Waals surface area contributed by atoms with Gasteiger partial charge >= 0.3 is 0 Å². The summed E-state index contributed by atoms with van der Waals surface area (Å²) < 4.78 is 11.7. The van der Waals surface area contributed by atoms with E-state index in [4.69, 9.17) is 27.4 Å². The molecule has 0 saturated carbocycles. The molecule has 4 heteroatoms. The number of hydrogen-bond acceptors (Lipinski definition) is 3. The smallest absolute Gasteiger partial charge is 0.103 e.